The van der Waals surface area contributed by atoms with E-state index in [0.717, 1.165) is 22.4 Å². The minimum Gasteiger partial charge on any atom is -0.493 e. The molecule has 0 spiro atoms. The minimum atomic E-state index is -0.0708. The molecule has 0 saturated heterocycles. The number of ether oxygens (including phenoxy) is 2. The van der Waals surface area contributed by atoms with Gasteiger partial charge in [0.2, 0.25) is 5.91 Å². The Morgan fingerprint density at radius 3 is 2.48 bits per heavy atom. The fourth-order valence-corrected chi connectivity index (χ4v) is 2.69. The molecule has 3 rings (SSSR count). The first-order chi connectivity index (χ1) is 13.1. The molecule has 2 heterocycles. The van der Waals surface area contributed by atoms with Crippen LogP contribution >= 0.6 is 0 Å². The Kier molecular flexibility index (Phi) is 5.71. The number of aryl methyl sites for hydroxylation is 1. The van der Waals surface area contributed by atoms with Crippen LogP contribution in [0.4, 0.5) is 0 Å². The van der Waals surface area contributed by atoms with Crippen LogP contribution in [0.3, 0.4) is 0 Å². The van der Waals surface area contributed by atoms with Crippen LogP contribution in [0.15, 0.2) is 48.9 Å². The molecule has 27 heavy (non-hydrogen) atoms. The van der Waals surface area contributed by atoms with Gasteiger partial charge in [-0.1, -0.05) is 12.1 Å². The molecule has 0 bridgehead atoms. The normalized spacial score (nSPS) is 10.5. The lowest BCUT2D eigenvalue weighted by atomic mass is 10.1. The van der Waals surface area contributed by atoms with E-state index in [1.807, 2.05) is 37.5 Å². The quantitative estimate of drug-likeness (QED) is 0.694. The smallest absolute Gasteiger partial charge is 0.224 e. The number of hydrogen-bond donors (Lipinski definition) is 1. The summed E-state index contributed by atoms with van der Waals surface area (Å²) >= 11 is 0. The zero-order valence-corrected chi connectivity index (χ0v) is 15.6. The van der Waals surface area contributed by atoms with Crippen molar-refractivity contribution < 1.29 is 14.3 Å². The van der Waals surface area contributed by atoms with Crippen molar-refractivity contribution in [2.75, 3.05) is 14.2 Å². The van der Waals surface area contributed by atoms with E-state index in [0.29, 0.717) is 18.0 Å². The number of rotatable bonds is 7. The molecule has 0 unspecified atom stereocenters. The highest BCUT2D eigenvalue weighted by Crippen LogP contribution is 2.27. The van der Waals surface area contributed by atoms with Crippen LogP contribution in [-0.4, -0.2) is 34.9 Å². The van der Waals surface area contributed by atoms with Gasteiger partial charge in [0, 0.05) is 31.5 Å². The van der Waals surface area contributed by atoms with Crippen LogP contribution < -0.4 is 14.8 Å². The first-order valence-electron chi connectivity index (χ1n) is 8.50. The number of methoxy groups -OCH3 is 2. The number of pyridine rings is 1. The van der Waals surface area contributed by atoms with Crippen LogP contribution in [0.2, 0.25) is 0 Å². The van der Waals surface area contributed by atoms with Gasteiger partial charge in [0.25, 0.3) is 0 Å². The third-order valence-corrected chi connectivity index (χ3v) is 4.13. The summed E-state index contributed by atoms with van der Waals surface area (Å²) in [6.45, 7) is 0.423. The van der Waals surface area contributed by atoms with Gasteiger partial charge in [-0.25, -0.2) is 0 Å². The first-order valence-corrected chi connectivity index (χ1v) is 8.50. The van der Waals surface area contributed by atoms with Gasteiger partial charge < -0.3 is 14.8 Å². The molecular weight excluding hydrogens is 344 g/mol. The van der Waals surface area contributed by atoms with Crippen molar-refractivity contribution in [2.24, 2.45) is 7.05 Å². The Labute approximate surface area is 158 Å². The molecule has 1 N–H and O–H groups in total. The van der Waals surface area contributed by atoms with Gasteiger partial charge in [-0.3, -0.25) is 14.5 Å². The number of carbonyl (C=O) groups excluding carboxylic acids is 1. The van der Waals surface area contributed by atoms with E-state index in [-0.39, 0.29) is 12.3 Å². The minimum absolute atomic E-state index is 0.0708. The van der Waals surface area contributed by atoms with Gasteiger partial charge in [0.15, 0.2) is 11.5 Å². The molecule has 0 aliphatic carbocycles. The Hall–Kier alpha value is -3.35. The largest absolute Gasteiger partial charge is 0.493 e. The maximum atomic E-state index is 12.2. The van der Waals surface area contributed by atoms with Gasteiger partial charge in [-0.15, -0.1) is 0 Å². The zero-order valence-electron chi connectivity index (χ0n) is 15.6. The lowest BCUT2D eigenvalue weighted by molar-refractivity contribution is -0.120. The average molecular weight is 366 g/mol. The van der Waals surface area contributed by atoms with E-state index in [1.54, 1.807) is 37.4 Å². The van der Waals surface area contributed by atoms with E-state index < -0.39 is 0 Å². The summed E-state index contributed by atoms with van der Waals surface area (Å²) in [7, 11) is 5.02. The van der Waals surface area contributed by atoms with Crippen molar-refractivity contribution in [3.8, 4) is 22.8 Å². The Morgan fingerprint density at radius 1 is 1.07 bits per heavy atom. The monoisotopic (exact) mass is 366 g/mol. The highest BCUT2D eigenvalue weighted by atomic mass is 16.5. The summed E-state index contributed by atoms with van der Waals surface area (Å²) in [5, 5.41) is 7.05. The Morgan fingerprint density at radius 2 is 1.85 bits per heavy atom. The van der Waals surface area contributed by atoms with Crippen LogP contribution in [0.25, 0.3) is 11.3 Å². The number of amides is 1. The molecule has 7 heteroatoms. The van der Waals surface area contributed by atoms with Crippen LogP contribution in [0.1, 0.15) is 11.1 Å². The molecule has 140 valence electrons. The van der Waals surface area contributed by atoms with Gasteiger partial charge in [-0.05, 0) is 29.3 Å². The van der Waals surface area contributed by atoms with Crippen molar-refractivity contribution in [1.29, 1.82) is 0 Å². The number of aromatic nitrogens is 3. The third kappa shape index (κ3) is 4.63. The SMILES string of the molecule is COc1ccc(CC(=O)NCc2ccc(-c3cnn(C)c3)nc2)cc1OC. The predicted molar refractivity (Wildman–Crippen MR) is 102 cm³/mol. The third-order valence-electron chi connectivity index (χ3n) is 4.13. The molecule has 7 nitrogen and oxygen atoms in total. The summed E-state index contributed by atoms with van der Waals surface area (Å²) in [6, 6.07) is 9.33. The van der Waals surface area contributed by atoms with Gasteiger partial charge in [0.1, 0.15) is 0 Å². The number of nitrogens with one attached hydrogen (secondary N) is 1. The van der Waals surface area contributed by atoms with Crippen molar-refractivity contribution in [2.45, 2.75) is 13.0 Å². The lowest BCUT2D eigenvalue weighted by Crippen LogP contribution is -2.24. The second-order valence-electron chi connectivity index (χ2n) is 6.10. The fourth-order valence-electron chi connectivity index (χ4n) is 2.69. The van der Waals surface area contributed by atoms with Crippen molar-refractivity contribution in [1.82, 2.24) is 20.1 Å². The second-order valence-corrected chi connectivity index (χ2v) is 6.10. The highest BCUT2D eigenvalue weighted by Gasteiger charge is 2.09. The summed E-state index contributed by atoms with van der Waals surface area (Å²) in [5.41, 5.74) is 3.60. The average Bonchev–Trinajstić information content (AvgIpc) is 3.13. The molecule has 0 atom stereocenters. The molecule has 1 aromatic carbocycles. The molecule has 2 aromatic heterocycles. The molecule has 0 fully saturated rings. The summed E-state index contributed by atoms with van der Waals surface area (Å²) in [6.07, 6.45) is 5.71. The maximum Gasteiger partial charge on any atom is 0.224 e. The topological polar surface area (TPSA) is 78.3 Å². The summed E-state index contributed by atoms with van der Waals surface area (Å²) in [5.74, 6) is 1.18. The number of benzene rings is 1. The second kappa shape index (κ2) is 8.35. The summed E-state index contributed by atoms with van der Waals surface area (Å²) in [4.78, 5) is 16.6. The van der Waals surface area contributed by atoms with Crippen LogP contribution in [-0.2, 0) is 24.8 Å². The lowest BCUT2D eigenvalue weighted by Gasteiger charge is -2.10. The number of carbonyl (C=O) groups is 1. The van der Waals surface area contributed by atoms with Crippen molar-refractivity contribution in [3.63, 3.8) is 0 Å². The van der Waals surface area contributed by atoms with Gasteiger partial charge in [-0.2, -0.15) is 5.10 Å². The van der Waals surface area contributed by atoms with E-state index in [2.05, 4.69) is 15.4 Å². The Balaban J connectivity index is 1.56. The number of nitrogens with zero attached hydrogens (tertiary/aromatic N) is 3. The fraction of sp³-hybridized carbons (Fsp3) is 0.250. The van der Waals surface area contributed by atoms with Crippen molar-refractivity contribution in [3.05, 3.63) is 60.0 Å². The summed E-state index contributed by atoms with van der Waals surface area (Å²) < 4.78 is 12.2. The first kappa shape index (κ1) is 18.4. The van der Waals surface area contributed by atoms with Gasteiger partial charge in [0.05, 0.1) is 32.5 Å². The van der Waals surface area contributed by atoms with E-state index in [1.165, 1.54) is 0 Å². The molecule has 0 radical (unpaired) electrons. The highest BCUT2D eigenvalue weighted by molar-refractivity contribution is 5.78. The van der Waals surface area contributed by atoms with Crippen molar-refractivity contribution >= 4 is 5.91 Å². The molecule has 0 aliphatic rings. The van der Waals surface area contributed by atoms with Crippen LogP contribution in [0.5, 0.6) is 11.5 Å². The van der Waals surface area contributed by atoms with Crippen LogP contribution in [0, 0.1) is 0 Å². The molecule has 3 aromatic rings. The molecular formula is C20H22N4O3. The zero-order chi connectivity index (χ0) is 19.2. The van der Waals surface area contributed by atoms with Gasteiger partial charge >= 0.3 is 0 Å². The molecule has 0 aliphatic heterocycles. The predicted octanol–water partition coefficient (Wildman–Crippen LogP) is 2.36. The maximum absolute atomic E-state index is 12.2. The van der Waals surface area contributed by atoms with E-state index in [9.17, 15) is 4.79 Å². The van der Waals surface area contributed by atoms with E-state index >= 15 is 0 Å². The van der Waals surface area contributed by atoms with E-state index in [4.69, 9.17) is 9.47 Å². The Bertz CT molecular complexity index is 919. The molecule has 1 amide bonds. The standard InChI is InChI=1S/C20H22N4O3/c1-24-13-16(12-23-24)17-6-4-15(10-21-17)11-22-20(25)9-14-5-7-18(26-2)19(8-14)27-3/h4-8,10,12-13H,9,11H2,1-3H3,(H,22,25). The number of hydrogen-bond acceptors (Lipinski definition) is 5. The molecule has 0 saturated carbocycles.